The molecule has 0 aromatic rings. The third-order valence-electron chi connectivity index (χ3n) is 1.49. The molecule has 0 fully saturated rings. The molecule has 1 atom stereocenters. The van der Waals surface area contributed by atoms with Crippen molar-refractivity contribution in [2.24, 2.45) is 4.99 Å². The molecule has 2 aliphatic rings. The molecule has 2 rings (SSSR count). The van der Waals surface area contributed by atoms with Crippen molar-refractivity contribution in [3.05, 3.63) is 24.0 Å². The second-order valence-electron chi connectivity index (χ2n) is 2.24. The number of hydrogen-bond acceptors (Lipinski definition) is 4. The summed E-state index contributed by atoms with van der Waals surface area (Å²) in [5, 5.41) is 12.1. The first kappa shape index (κ1) is 7.11. The Kier molecular flexibility index (Phi) is 1.61. The Morgan fingerprint density at radius 3 is 3.36 bits per heavy atom. The molecule has 0 spiro atoms. The number of nitrogens with zero attached hydrogens (tertiary/aromatic N) is 2. The number of aliphatic hydroxyl groups is 1. The zero-order chi connectivity index (χ0) is 7.84. The number of rotatable bonds is 0. The summed E-state index contributed by atoms with van der Waals surface area (Å²) in [7, 11) is 0. The van der Waals surface area contributed by atoms with Gasteiger partial charge in [0.1, 0.15) is 5.84 Å². The Morgan fingerprint density at radius 1 is 1.73 bits per heavy atom. The highest BCUT2D eigenvalue weighted by Crippen LogP contribution is 2.17. The topological polar surface area (TPSA) is 47.9 Å². The minimum atomic E-state index is -0.669. The van der Waals surface area contributed by atoms with Crippen molar-refractivity contribution < 1.29 is 5.11 Å². The van der Waals surface area contributed by atoms with Gasteiger partial charge in [0.25, 0.3) is 0 Å². The van der Waals surface area contributed by atoms with Crippen LogP contribution in [0.4, 0.5) is 0 Å². The third-order valence-corrected chi connectivity index (χ3v) is 2.30. The number of aliphatic hydroxyl groups excluding tert-OH is 1. The molecule has 2 N–H and O–H groups in total. The molecule has 0 aromatic heterocycles. The van der Waals surface area contributed by atoms with Gasteiger partial charge in [0.15, 0.2) is 0 Å². The summed E-state index contributed by atoms with van der Waals surface area (Å²) in [6.07, 6.45) is 4.76. The smallest absolute Gasteiger partial charge is 0.214 e. The van der Waals surface area contributed by atoms with E-state index in [0.29, 0.717) is 0 Å². The van der Waals surface area contributed by atoms with Gasteiger partial charge in [-0.1, -0.05) is 0 Å². The molecule has 0 saturated heterocycles. The van der Waals surface area contributed by atoms with Crippen LogP contribution in [-0.2, 0) is 0 Å². The van der Waals surface area contributed by atoms with Gasteiger partial charge in [-0.15, -0.1) is 0 Å². The molecule has 4 nitrogen and oxygen atoms in total. The quantitative estimate of drug-likeness (QED) is 0.489. The molecular formula is C6H6IN3O. The molecule has 2 heterocycles. The number of fused-ring (bicyclic) bond motifs is 1. The van der Waals surface area contributed by atoms with E-state index < -0.39 is 6.35 Å². The van der Waals surface area contributed by atoms with E-state index in [-0.39, 0.29) is 0 Å². The van der Waals surface area contributed by atoms with Crippen molar-refractivity contribution in [3.8, 4) is 0 Å². The van der Waals surface area contributed by atoms with Gasteiger partial charge in [0, 0.05) is 18.0 Å². The fourth-order valence-corrected chi connectivity index (χ4v) is 1.40. The highest BCUT2D eigenvalue weighted by atomic mass is 127. The lowest BCUT2D eigenvalue weighted by atomic mass is 10.2. The Bertz CT molecular complexity index is 271. The van der Waals surface area contributed by atoms with Crippen molar-refractivity contribution in [1.82, 2.24) is 8.43 Å². The van der Waals surface area contributed by atoms with Gasteiger partial charge < -0.3 is 10.4 Å². The minimum absolute atomic E-state index is 0.669. The van der Waals surface area contributed by atoms with Gasteiger partial charge >= 0.3 is 0 Å². The lowest BCUT2D eigenvalue weighted by Gasteiger charge is -2.26. The molecule has 1 unspecified atom stereocenters. The van der Waals surface area contributed by atoms with Crippen LogP contribution in [-0.4, -0.2) is 20.4 Å². The fraction of sp³-hybridized carbons (Fsp3) is 0.167. The van der Waals surface area contributed by atoms with Crippen LogP contribution in [0, 0.1) is 0 Å². The van der Waals surface area contributed by atoms with E-state index in [9.17, 15) is 5.11 Å². The van der Waals surface area contributed by atoms with Gasteiger partial charge in [-0.2, -0.15) is 0 Å². The van der Waals surface area contributed by atoms with Crippen molar-refractivity contribution in [2.45, 2.75) is 6.35 Å². The highest BCUT2D eigenvalue weighted by molar-refractivity contribution is 14.1. The molecular weight excluding hydrogens is 257 g/mol. The second kappa shape index (κ2) is 2.49. The Hall–Kier alpha value is -0.560. The summed E-state index contributed by atoms with van der Waals surface area (Å²) in [5.41, 5.74) is 1.00. The SMILES string of the molecule is OC1NC2=NC=CC2=CN1I. The van der Waals surface area contributed by atoms with Crippen LogP contribution in [0.15, 0.2) is 29.0 Å². The lowest BCUT2D eigenvalue weighted by Crippen LogP contribution is -2.45. The van der Waals surface area contributed by atoms with Crippen LogP contribution < -0.4 is 5.32 Å². The molecule has 0 saturated carbocycles. The largest absolute Gasteiger partial charge is 0.356 e. The summed E-state index contributed by atoms with van der Waals surface area (Å²) >= 11 is 2.01. The van der Waals surface area contributed by atoms with E-state index in [4.69, 9.17) is 0 Å². The Balaban J connectivity index is 2.33. The van der Waals surface area contributed by atoms with Crippen molar-refractivity contribution in [3.63, 3.8) is 0 Å². The van der Waals surface area contributed by atoms with Gasteiger partial charge in [0.05, 0.1) is 22.9 Å². The van der Waals surface area contributed by atoms with E-state index in [0.717, 1.165) is 11.4 Å². The van der Waals surface area contributed by atoms with Crippen molar-refractivity contribution >= 4 is 28.7 Å². The molecule has 0 radical (unpaired) electrons. The zero-order valence-corrected chi connectivity index (χ0v) is 7.69. The van der Waals surface area contributed by atoms with E-state index >= 15 is 0 Å². The van der Waals surface area contributed by atoms with Gasteiger partial charge in [-0.3, -0.25) is 3.11 Å². The number of aliphatic imine (C=N–C) groups is 1. The maximum Gasteiger partial charge on any atom is 0.214 e. The maximum atomic E-state index is 9.28. The van der Waals surface area contributed by atoms with Crippen LogP contribution in [0.5, 0.6) is 0 Å². The number of nitrogens with one attached hydrogen (secondary N) is 1. The van der Waals surface area contributed by atoms with Gasteiger partial charge in [-0.25, -0.2) is 4.99 Å². The fourth-order valence-electron chi connectivity index (χ4n) is 0.958. The average Bonchev–Trinajstić information content (AvgIpc) is 2.36. The predicted octanol–water partition coefficient (Wildman–Crippen LogP) is 0.327. The molecule has 0 aliphatic carbocycles. The van der Waals surface area contributed by atoms with Crippen LogP contribution in [0.1, 0.15) is 0 Å². The van der Waals surface area contributed by atoms with E-state index in [1.54, 1.807) is 9.31 Å². The molecule has 0 bridgehead atoms. The Labute approximate surface area is 77.8 Å². The molecule has 0 amide bonds. The summed E-state index contributed by atoms with van der Waals surface area (Å²) in [6.45, 7) is 0. The lowest BCUT2D eigenvalue weighted by molar-refractivity contribution is 0.0900. The first-order valence-corrected chi connectivity index (χ1v) is 4.09. The van der Waals surface area contributed by atoms with Gasteiger partial charge in [-0.05, 0) is 6.08 Å². The van der Waals surface area contributed by atoms with Crippen LogP contribution in [0.3, 0.4) is 0 Å². The van der Waals surface area contributed by atoms with Crippen LogP contribution >= 0.6 is 22.9 Å². The number of amidine groups is 1. The maximum absolute atomic E-state index is 9.28. The van der Waals surface area contributed by atoms with E-state index in [2.05, 4.69) is 10.3 Å². The first-order chi connectivity index (χ1) is 5.27. The number of halogens is 1. The second-order valence-corrected chi connectivity index (χ2v) is 3.35. The predicted molar refractivity (Wildman–Crippen MR) is 49.7 cm³/mol. The summed E-state index contributed by atoms with van der Waals surface area (Å²) < 4.78 is 1.65. The van der Waals surface area contributed by atoms with Crippen LogP contribution in [0.2, 0.25) is 0 Å². The summed E-state index contributed by atoms with van der Waals surface area (Å²) in [6, 6.07) is 0. The van der Waals surface area contributed by atoms with Gasteiger partial charge in [0.2, 0.25) is 6.35 Å². The third kappa shape index (κ3) is 1.14. The molecule has 0 aromatic carbocycles. The van der Waals surface area contributed by atoms with E-state index in [1.165, 1.54) is 0 Å². The summed E-state index contributed by atoms with van der Waals surface area (Å²) in [5.74, 6) is 0.741. The zero-order valence-electron chi connectivity index (χ0n) is 5.53. The highest BCUT2D eigenvalue weighted by Gasteiger charge is 2.21. The van der Waals surface area contributed by atoms with Crippen molar-refractivity contribution in [1.29, 1.82) is 0 Å². The molecule has 58 valence electrons. The van der Waals surface area contributed by atoms with E-state index in [1.807, 2.05) is 35.1 Å². The standard InChI is InChI=1S/C6H6IN3O/c7-10-3-4-1-2-8-5(4)9-6(10)11/h1-3,6,11H,(H,8,9). The van der Waals surface area contributed by atoms with Crippen LogP contribution in [0.25, 0.3) is 0 Å². The average molecular weight is 263 g/mol. The number of hydrogen-bond donors (Lipinski definition) is 2. The molecule has 2 aliphatic heterocycles. The molecule has 5 heteroatoms. The first-order valence-electron chi connectivity index (χ1n) is 3.12. The minimum Gasteiger partial charge on any atom is -0.356 e. The molecule has 11 heavy (non-hydrogen) atoms. The summed E-state index contributed by atoms with van der Waals surface area (Å²) in [4.78, 5) is 4.01. The monoisotopic (exact) mass is 263 g/mol. The Morgan fingerprint density at radius 2 is 2.55 bits per heavy atom. The van der Waals surface area contributed by atoms with Crippen molar-refractivity contribution in [2.75, 3.05) is 0 Å². The normalized spacial score (nSPS) is 27.5.